The Labute approximate surface area is 141 Å². The topological polar surface area (TPSA) is 70.6 Å². The number of aliphatic hydroxyl groups excluding tert-OH is 1. The van der Waals surface area contributed by atoms with E-state index < -0.39 is 6.10 Å². The molecule has 24 heavy (non-hydrogen) atoms. The molecule has 2 atom stereocenters. The number of benzene rings is 2. The first-order valence-electron chi connectivity index (χ1n) is 8.08. The molecule has 0 aliphatic carbocycles. The standard InChI is InChI=1S/C19H22N2O3/c1-24-17-8-6-15(7-9-17)14-4-2-13(3-5-14)11-21-19(23)18-10-16(22)12-20-18/h2-9,16,18,20,22H,10-12H2,1H3,(H,21,23). The largest absolute Gasteiger partial charge is 0.497 e. The van der Waals surface area contributed by atoms with Gasteiger partial charge in [-0.15, -0.1) is 0 Å². The van der Waals surface area contributed by atoms with Crippen LogP contribution in [0.25, 0.3) is 11.1 Å². The van der Waals surface area contributed by atoms with E-state index in [9.17, 15) is 9.90 Å². The Morgan fingerprint density at radius 1 is 1.17 bits per heavy atom. The molecule has 5 heteroatoms. The van der Waals surface area contributed by atoms with Gasteiger partial charge >= 0.3 is 0 Å². The van der Waals surface area contributed by atoms with Gasteiger partial charge in [0, 0.05) is 13.1 Å². The molecule has 3 rings (SSSR count). The molecular weight excluding hydrogens is 304 g/mol. The van der Waals surface area contributed by atoms with E-state index in [0.29, 0.717) is 19.5 Å². The maximum absolute atomic E-state index is 12.0. The summed E-state index contributed by atoms with van der Waals surface area (Å²) in [5, 5.41) is 15.4. The van der Waals surface area contributed by atoms with Gasteiger partial charge in [-0.3, -0.25) is 4.79 Å². The molecule has 2 unspecified atom stereocenters. The smallest absolute Gasteiger partial charge is 0.237 e. The van der Waals surface area contributed by atoms with E-state index >= 15 is 0 Å². The summed E-state index contributed by atoms with van der Waals surface area (Å²) >= 11 is 0. The van der Waals surface area contributed by atoms with E-state index in [4.69, 9.17) is 4.74 Å². The van der Waals surface area contributed by atoms with Gasteiger partial charge in [-0.25, -0.2) is 0 Å². The normalized spacial score (nSPS) is 19.9. The van der Waals surface area contributed by atoms with Crippen LogP contribution in [0, 0.1) is 0 Å². The van der Waals surface area contributed by atoms with Crippen LogP contribution in [0.15, 0.2) is 48.5 Å². The van der Waals surface area contributed by atoms with Crippen molar-refractivity contribution in [2.45, 2.75) is 25.1 Å². The van der Waals surface area contributed by atoms with Crippen LogP contribution >= 0.6 is 0 Å². The van der Waals surface area contributed by atoms with E-state index in [-0.39, 0.29) is 11.9 Å². The average Bonchev–Trinajstić information content (AvgIpc) is 3.07. The molecule has 0 aromatic heterocycles. The molecule has 1 aliphatic heterocycles. The first kappa shape index (κ1) is 16.5. The number of nitrogens with one attached hydrogen (secondary N) is 2. The van der Waals surface area contributed by atoms with Crippen LogP contribution < -0.4 is 15.4 Å². The third-order valence-electron chi connectivity index (χ3n) is 4.27. The molecule has 2 aromatic rings. The third-order valence-corrected chi connectivity index (χ3v) is 4.27. The van der Waals surface area contributed by atoms with Gasteiger partial charge in [0.05, 0.1) is 19.3 Å². The first-order chi connectivity index (χ1) is 11.7. The van der Waals surface area contributed by atoms with Gasteiger partial charge in [-0.1, -0.05) is 36.4 Å². The molecule has 0 saturated carbocycles. The molecule has 0 radical (unpaired) electrons. The molecule has 1 aliphatic rings. The maximum Gasteiger partial charge on any atom is 0.237 e. The molecule has 3 N–H and O–H groups in total. The first-order valence-corrected chi connectivity index (χ1v) is 8.08. The zero-order valence-corrected chi connectivity index (χ0v) is 13.7. The Balaban J connectivity index is 1.57. The van der Waals surface area contributed by atoms with Crippen LogP contribution in [0.1, 0.15) is 12.0 Å². The van der Waals surface area contributed by atoms with Crippen LogP contribution in [-0.4, -0.2) is 36.8 Å². The Kier molecular flexibility index (Phi) is 5.13. The highest BCUT2D eigenvalue weighted by Crippen LogP contribution is 2.22. The van der Waals surface area contributed by atoms with E-state index in [0.717, 1.165) is 22.4 Å². The van der Waals surface area contributed by atoms with E-state index in [1.807, 2.05) is 48.5 Å². The van der Waals surface area contributed by atoms with Crippen LogP contribution in [-0.2, 0) is 11.3 Å². The van der Waals surface area contributed by atoms with Crippen LogP contribution in [0.4, 0.5) is 0 Å². The van der Waals surface area contributed by atoms with Gasteiger partial charge in [0.2, 0.25) is 5.91 Å². The summed E-state index contributed by atoms with van der Waals surface area (Å²) in [6.45, 7) is 0.963. The number of aliphatic hydroxyl groups is 1. The van der Waals surface area contributed by atoms with Crippen molar-refractivity contribution >= 4 is 5.91 Å². The monoisotopic (exact) mass is 326 g/mol. The summed E-state index contributed by atoms with van der Waals surface area (Å²) in [6.07, 6.45) is 0.0481. The lowest BCUT2D eigenvalue weighted by Gasteiger charge is -2.11. The van der Waals surface area contributed by atoms with Gasteiger partial charge in [0.25, 0.3) is 0 Å². The summed E-state index contributed by atoms with van der Waals surface area (Å²) in [7, 11) is 1.65. The number of rotatable bonds is 5. The Bertz CT molecular complexity index is 683. The molecule has 126 valence electrons. The van der Waals surface area contributed by atoms with Crippen molar-refractivity contribution in [1.82, 2.24) is 10.6 Å². The number of amides is 1. The number of hydrogen-bond donors (Lipinski definition) is 3. The van der Waals surface area contributed by atoms with Gasteiger partial charge in [0.15, 0.2) is 0 Å². The second-order valence-electron chi connectivity index (χ2n) is 5.99. The number of carbonyl (C=O) groups is 1. The van der Waals surface area contributed by atoms with Crippen molar-refractivity contribution in [3.8, 4) is 16.9 Å². The highest BCUT2D eigenvalue weighted by Gasteiger charge is 2.27. The Morgan fingerprint density at radius 2 is 1.79 bits per heavy atom. The zero-order valence-electron chi connectivity index (χ0n) is 13.7. The number of β-amino-alcohol motifs (C(OH)–C–C–N with tert-alkyl or cyclic N) is 1. The fourth-order valence-corrected chi connectivity index (χ4v) is 2.83. The number of methoxy groups -OCH3 is 1. The third kappa shape index (κ3) is 3.93. The molecule has 1 fully saturated rings. The second-order valence-corrected chi connectivity index (χ2v) is 5.99. The molecule has 0 bridgehead atoms. The Hall–Kier alpha value is -2.37. The summed E-state index contributed by atoms with van der Waals surface area (Å²) in [5.41, 5.74) is 3.28. The summed E-state index contributed by atoms with van der Waals surface area (Å²) in [5.74, 6) is 0.773. The summed E-state index contributed by atoms with van der Waals surface area (Å²) in [4.78, 5) is 12.0. The minimum atomic E-state index is -0.426. The van der Waals surface area contributed by atoms with Crippen molar-refractivity contribution in [1.29, 1.82) is 0 Å². The van der Waals surface area contributed by atoms with E-state index in [1.165, 1.54) is 0 Å². The highest BCUT2D eigenvalue weighted by atomic mass is 16.5. The van der Waals surface area contributed by atoms with Gasteiger partial charge < -0.3 is 20.5 Å². The number of ether oxygens (including phenoxy) is 1. The molecule has 1 saturated heterocycles. The van der Waals surface area contributed by atoms with Crippen LogP contribution in [0.5, 0.6) is 5.75 Å². The lowest BCUT2D eigenvalue weighted by atomic mass is 10.0. The van der Waals surface area contributed by atoms with Gasteiger partial charge in [-0.05, 0) is 35.2 Å². The Morgan fingerprint density at radius 3 is 2.33 bits per heavy atom. The summed E-state index contributed by atoms with van der Waals surface area (Å²) in [6, 6.07) is 15.7. The van der Waals surface area contributed by atoms with Crippen molar-refractivity contribution in [3.63, 3.8) is 0 Å². The van der Waals surface area contributed by atoms with Gasteiger partial charge in [0.1, 0.15) is 5.75 Å². The fraction of sp³-hybridized carbons (Fsp3) is 0.316. The molecule has 1 heterocycles. The van der Waals surface area contributed by atoms with Crippen molar-refractivity contribution in [3.05, 3.63) is 54.1 Å². The van der Waals surface area contributed by atoms with Crippen molar-refractivity contribution < 1.29 is 14.6 Å². The summed E-state index contributed by atoms with van der Waals surface area (Å²) < 4.78 is 5.17. The van der Waals surface area contributed by atoms with E-state index in [2.05, 4.69) is 10.6 Å². The van der Waals surface area contributed by atoms with E-state index in [1.54, 1.807) is 7.11 Å². The van der Waals surface area contributed by atoms with Crippen molar-refractivity contribution in [2.24, 2.45) is 0 Å². The minimum absolute atomic E-state index is 0.0641. The minimum Gasteiger partial charge on any atom is -0.497 e. The second kappa shape index (κ2) is 7.47. The molecule has 0 spiro atoms. The molecular formula is C19H22N2O3. The molecule has 1 amide bonds. The molecule has 2 aromatic carbocycles. The maximum atomic E-state index is 12.0. The van der Waals surface area contributed by atoms with Gasteiger partial charge in [-0.2, -0.15) is 0 Å². The SMILES string of the molecule is COc1ccc(-c2ccc(CNC(=O)C3CC(O)CN3)cc2)cc1. The average molecular weight is 326 g/mol. The lowest BCUT2D eigenvalue weighted by Crippen LogP contribution is -2.39. The van der Waals surface area contributed by atoms with Crippen LogP contribution in [0.2, 0.25) is 0 Å². The lowest BCUT2D eigenvalue weighted by molar-refractivity contribution is -0.123. The predicted octanol–water partition coefficient (Wildman–Crippen LogP) is 1.70. The highest BCUT2D eigenvalue weighted by molar-refractivity contribution is 5.82. The van der Waals surface area contributed by atoms with Crippen molar-refractivity contribution in [2.75, 3.05) is 13.7 Å². The quantitative estimate of drug-likeness (QED) is 0.782. The number of hydrogen-bond acceptors (Lipinski definition) is 4. The molecule has 5 nitrogen and oxygen atoms in total. The van der Waals surface area contributed by atoms with Crippen LogP contribution in [0.3, 0.4) is 0 Å². The zero-order chi connectivity index (χ0) is 16.9. The number of carbonyl (C=O) groups excluding carboxylic acids is 1. The predicted molar refractivity (Wildman–Crippen MR) is 92.7 cm³/mol. The fourth-order valence-electron chi connectivity index (χ4n) is 2.83.